The monoisotopic (exact) mass is 243 g/mol. The minimum Gasteiger partial charge on any atom is -0.390 e. The standard InChI is InChI=1S/C10H17N3O2S/c1-7(2)13-8(6-14)5-9(12-13)11-10(15)3-4-16/h5,7,14,16H,3-4,6H2,1-2H3,(H,11,12,15). The van der Waals surface area contributed by atoms with Crippen LogP contribution in [0.4, 0.5) is 5.82 Å². The van der Waals surface area contributed by atoms with E-state index in [1.807, 2.05) is 13.8 Å². The van der Waals surface area contributed by atoms with Crippen molar-refractivity contribution in [3.8, 4) is 0 Å². The van der Waals surface area contributed by atoms with Crippen molar-refractivity contribution in [3.63, 3.8) is 0 Å². The lowest BCUT2D eigenvalue weighted by molar-refractivity contribution is -0.115. The first-order valence-electron chi connectivity index (χ1n) is 5.18. The van der Waals surface area contributed by atoms with Gasteiger partial charge in [-0.3, -0.25) is 9.48 Å². The summed E-state index contributed by atoms with van der Waals surface area (Å²) in [5.41, 5.74) is 0.691. The fourth-order valence-electron chi connectivity index (χ4n) is 1.37. The quantitative estimate of drug-likeness (QED) is 0.681. The fourth-order valence-corrected chi connectivity index (χ4v) is 1.57. The first-order valence-corrected chi connectivity index (χ1v) is 5.81. The van der Waals surface area contributed by atoms with Crippen LogP contribution in [0.5, 0.6) is 0 Å². The Labute approximate surface area is 100 Å². The van der Waals surface area contributed by atoms with Crippen LogP contribution in [0.2, 0.25) is 0 Å². The van der Waals surface area contributed by atoms with Gasteiger partial charge in [-0.25, -0.2) is 0 Å². The van der Waals surface area contributed by atoms with E-state index >= 15 is 0 Å². The number of aliphatic hydroxyl groups is 1. The predicted octanol–water partition coefficient (Wildman–Crippen LogP) is 1.21. The van der Waals surface area contributed by atoms with Gasteiger partial charge in [-0.1, -0.05) is 0 Å². The molecule has 0 spiro atoms. The molecule has 90 valence electrons. The maximum absolute atomic E-state index is 11.3. The molecule has 0 unspecified atom stereocenters. The molecule has 1 aromatic heterocycles. The van der Waals surface area contributed by atoms with Gasteiger partial charge in [-0.2, -0.15) is 17.7 Å². The number of carbonyl (C=O) groups is 1. The molecule has 1 aromatic rings. The third-order valence-electron chi connectivity index (χ3n) is 2.07. The van der Waals surface area contributed by atoms with Crippen LogP contribution in [-0.2, 0) is 11.4 Å². The number of carbonyl (C=O) groups excluding carboxylic acids is 1. The smallest absolute Gasteiger partial charge is 0.226 e. The number of thiol groups is 1. The van der Waals surface area contributed by atoms with Crippen molar-refractivity contribution in [1.29, 1.82) is 0 Å². The Morgan fingerprint density at radius 3 is 2.81 bits per heavy atom. The van der Waals surface area contributed by atoms with Crippen molar-refractivity contribution < 1.29 is 9.90 Å². The zero-order valence-corrected chi connectivity index (χ0v) is 10.4. The average molecular weight is 243 g/mol. The van der Waals surface area contributed by atoms with Crippen molar-refractivity contribution >= 4 is 24.4 Å². The highest BCUT2D eigenvalue weighted by atomic mass is 32.1. The number of nitrogens with one attached hydrogen (secondary N) is 1. The van der Waals surface area contributed by atoms with E-state index in [9.17, 15) is 4.79 Å². The lowest BCUT2D eigenvalue weighted by atomic mass is 10.3. The fraction of sp³-hybridized carbons (Fsp3) is 0.600. The molecule has 16 heavy (non-hydrogen) atoms. The zero-order valence-electron chi connectivity index (χ0n) is 9.47. The van der Waals surface area contributed by atoms with Crippen molar-refractivity contribution in [2.24, 2.45) is 0 Å². The highest BCUT2D eigenvalue weighted by molar-refractivity contribution is 7.80. The normalized spacial score (nSPS) is 10.8. The molecular weight excluding hydrogens is 226 g/mol. The molecule has 1 rings (SSSR count). The van der Waals surface area contributed by atoms with Crippen LogP contribution >= 0.6 is 12.6 Å². The molecule has 0 aromatic carbocycles. The van der Waals surface area contributed by atoms with Crippen LogP contribution in [0, 0.1) is 0 Å². The summed E-state index contributed by atoms with van der Waals surface area (Å²) in [5.74, 6) is 0.862. The first-order chi connectivity index (χ1) is 7.58. The van der Waals surface area contributed by atoms with Gasteiger partial charge in [0.2, 0.25) is 5.91 Å². The van der Waals surface area contributed by atoms with E-state index in [1.54, 1.807) is 10.7 Å². The molecule has 2 N–H and O–H groups in total. The van der Waals surface area contributed by atoms with Gasteiger partial charge in [0.25, 0.3) is 0 Å². The van der Waals surface area contributed by atoms with E-state index in [1.165, 1.54) is 0 Å². The Bertz CT molecular complexity index is 363. The van der Waals surface area contributed by atoms with Crippen LogP contribution in [0.25, 0.3) is 0 Å². The minimum atomic E-state index is -0.118. The topological polar surface area (TPSA) is 67.2 Å². The molecule has 6 heteroatoms. The molecule has 0 saturated carbocycles. The van der Waals surface area contributed by atoms with Crippen molar-refractivity contribution in [2.75, 3.05) is 11.1 Å². The Balaban J connectivity index is 2.78. The van der Waals surface area contributed by atoms with Gasteiger partial charge < -0.3 is 10.4 Å². The van der Waals surface area contributed by atoms with E-state index in [0.29, 0.717) is 23.7 Å². The van der Waals surface area contributed by atoms with Gasteiger partial charge in [0, 0.05) is 18.5 Å². The van der Waals surface area contributed by atoms with E-state index in [4.69, 9.17) is 5.11 Å². The SMILES string of the molecule is CC(C)n1nc(NC(=O)CCS)cc1CO. The number of aliphatic hydroxyl groups excluding tert-OH is 1. The molecule has 0 bridgehead atoms. The van der Waals surface area contributed by atoms with Gasteiger partial charge in [0.15, 0.2) is 5.82 Å². The molecule has 0 aliphatic rings. The minimum absolute atomic E-state index is 0.0897. The van der Waals surface area contributed by atoms with Crippen LogP contribution < -0.4 is 5.32 Å². The number of hydrogen-bond acceptors (Lipinski definition) is 4. The molecule has 0 aliphatic heterocycles. The Morgan fingerprint density at radius 2 is 2.38 bits per heavy atom. The summed E-state index contributed by atoms with van der Waals surface area (Å²) < 4.78 is 1.69. The molecule has 0 atom stereocenters. The van der Waals surface area contributed by atoms with E-state index in [2.05, 4.69) is 23.0 Å². The second-order valence-electron chi connectivity index (χ2n) is 3.74. The van der Waals surface area contributed by atoms with Crippen molar-refractivity contribution in [1.82, 2.24) is 9.78 Å². The molecule has 0 radical (unpaired) electrons. The van der Waals surface area contributed by atoms with Crippen LogP contribution in [0.1, 0.15) is 32.0 Å². The Kier molecular flexibility index (Phi) is 4.82. The zero-order chi connectivity index (χ0) is 12.1. The van der Waals surface area contributed by atoms with E-state index < -0.39 is 0 Å². The first kappa shape index (κ1) is 13.1. The number of amides is 1. The lowest BCUT2D eigenvalue weighted by Crippen LogP contribution is -2.13. The summed E-state index contributed by atoms with van der Waals surface area (Å²) in [6.07, 6.45) is 0.353. The molecule has 0 aliphatic carbocycles. The number of aromatic nitrogens is 2. The molecule has 0 saturated heterocycles. The predicted molar refractivity (Wildman–Crippen MR) is 65.6 cm³/mol. The maximum atomic E-state index is 11.3. The van der Waals surface area contributed by atoms with Gasteiger partial charge in [-0.15, -0.1) is 0 Å². The molecule has 0 fully saturated rings. The van der Waals surface area contributed by atoms with Gasteiger partial charge >= 0.3 is 0 Å². The lowest BCUT2D eigenvalue weighted by Gasteiger charge is -2.08. The van der Waals surface area contributed by atoms with Crippen LogP contribution in [0.3, 0.4) is 0 Å². The number of nitrogens with zero attached hydrogens (tertiary/aromatic N) is 2. The Hall–Kier alpha value is -1.01. The molecule has 1 heterocycles. The van der Waals surface area contributed by atoms with Crippen molar-refractivity contribution in [3.05, 3.63) is 11.8 Å². The third kappa shape index (κ3) is 3.24. The van der Waals surface area contributed by atoms with Crippen LogP contribution in [-0.4, -0.2) is 26.5 Å². The number of anilines is 1. The van der Waals surface area contributed by atoms with Gasteiger partial charge in [0.1, 0.15) is 0 Å². The largest absolute Gasteiger partial charge is 0.390 e. The average Bonchev–Trinajstić information content (AvgIpc) is 2.61. The molecular formula is C10H17N3O2S. The number of rotatable bonds is 5. The van der Waals surface area contributed by atoms with E-state index in [0.717, 1.165) is 0 Å². The summed E-state index contributed by atoms with van der Waals surface area (Å²) in [6.45, 7) is 3.84. The Morgan fingerprint density at radius 1 is 1.69 bits per heavy atom. The van der Waals surface area contributed by atoms with Crippen molar-refractivity contribution in [2.45, 2.75) is 32.9 Å². The molecule has 5 nitrogen and oxygen atoms in total. The van der Waals surface area contributed by atoms with Gasteiger partial charge in [-0.05, 0) is 19.6 Å². The second kappa shape index (κ2) is 5.91. The van der Waals surface area contributed by atoms with E-state index in [-0.39, 0.29) is 18.6 Å². The summed E-state index contributed by atoms with van der Waals surface area (Å²) >= 11 is 3.98. The number of hydrogen-bond donors (Lipinski definition) is 3. The highest BCUT2D eigenvalue weighted by Crippen LogP contribution is 2.14. The third-order valence-corrected chi connectivity index (χ3v) is 2.29. The summed E-state index contributed by atoms with van der Waals surface area (Å²) in [5, 5.41) is 16.0. The maximum Gasteiger partial charge on any atom is 0.226 e. The summed E-state index contributed by atoms with van der Waals surface area (Å²) in [4.78, 5) is 11.3. The highest BCUT2D eigenvalue weighted by Gasteiger charge is 2.11. The van der Waals surface area contributed by atoms with Gasteiger partial charge in [0.05, 0.1) is 12.3 Å². The van der Waals surface area contributed by atoms with Crippen LogP contribution in [0.15, 0.2) is 6.07 Å². The molecule has 1 amide bonds. The summed E-state index contributed by atoms with van der Waals surface area (Å²) in [6, 6.07) is 1.83. The summed E-state index contributed by atoms with van der Waals surface area (Å²) in [7, 11) is 0. The second-order valence-corrected chi connectivity index (χ2v) is 4.19.